The molecule has 0 saturated heterocycles. The normalized spacial score (nSPS) is 12.3. The van der Waals surface area contributed by atoms with Crippen molar-refractivity contribution in [3.05, 3.63) is 112 Å². The molecule has 0 aliphatic carbocycles. The van der Waals surface area contributed by atoms with E-state index in [0.29, 0.717) is 27.7 Å². The van der Waals surface area contributed by atoms with Gasteiger partial charge in [-0.25, -0.2) is 14.3 Å². The molecule has 0 radical (unpaired) electrons. The zero-order valence-electron chi connectivity index (χ0n) is 21.3. The van der Waals surface area contributed by atoms with E-state index in [4.69, 9.17) is 16.3 Å². The number of hydrogen-bond donors (Lipinski definition) is 3. The maximum Gasteiger partial charge on any atom is 0.413 e. The van der Waals surface area contributed by atoms with E-state index in [9.17, 15) is 19.5 Å². The fraction of sp³-hybridized carbons (Fsp3) is 0.172. The highest BCUT2D eigenvalue weighted by Crippen LogP contribution is 2.26. The van der Waals surface area contributed by atoms with E-state index in [0.717, 1.165) is 5.56 Å². The van der Waals surface area contributed by atoms with Gasteiger partial charge in [-0.3, -0.25) is 10.1 Å². The average Bonchev–Trinajstić information content (AvgIpc) is 3.28. The molecule has 4 rings (SSSR count). The lowest BCUT2D eigenvalue weighted by Gasteiger charge is -2.17. The van der Waals surface area contributed by atoms with Gasteiger partial charge in [0.25, 0.3) is 5.91 Å². The lowest BCUT2D eigenvalue weighted by Crippen LogP contribution is -2.42. The van der Waals surface area contributed by atoms with E-state index < -0.39 is 30.1 Å². The van der Waals surface area contributed by atoms with Crippen molar-refractivity contribution in [1.29, 1.82) is 0 Å². The first kappa shape index (κ1) is 27.4. The maximum atomic E-state index is 12.8. The van der Waals surface area contributed by atoms with Gasteiger partial charge in [-0.15, -0.1) is 0 Å². The van der Waals surface area contributed by atoms with Crippen molar-refractivity contribution in [2.75, 3.05) is 5.32 Å². The van der Waals surface area contributed by atoms with Crippen LogP contribution in [0.4, 0.5) is 10.6 Å². The van der Waals surface area contributed by atoms with Crippen molar-refractivity contribution in [3.63, 3.8) is 0 Å². The van der Waals surface area contributed by atoms with E-state index in [1.165, 1.54) is 4.68 Å². The van der Waals surface area contributed by atoms with Crippen LogP contribution in [0.1, 0.15) is 40.1 Å². The molecule has 0 fully saturated rings. The number of benzene rings is 3. The lowest BCUT2D eigenvalue weighted by atomic mass is 10.1. The summed E-state index contributed by atoms with van der Waals surface area (Å²) < 4.78 is 7.02. The third-order valence-electron chi connectivity index (χ3n) is 6.06. The van der Waals surface area contributed by atoms with Crippen LogP contribution in [-0.4, -0.2) is 38.9 Å². The largest absolute Gasteiger partial charge is 0.480 e. The summed E-state index contributed by atoms with van der Waals surface area (Å²) in [5.74, 6) is -1.24. The second-order valence-electron chi connectivity index (χ2n) is 8.88. The van der Waals surface area contributed by atoms with Gasteiger partial charge < -0.3 is 15.2 Å². The third kappa shape index (κ3) is 6.82. The molecular weight excluding hydrogens is 520 g/mol. The summed E-state index contributed by atoms with van der Waals surface area (Å²) in [5, 5.41) is 19.7. The predicted octanol–water partition coefficient (Wildman–Crippen LogP) is 5.57. The molecule has 4 aromatic rings. The number of nitrogens with zero attached hydrogens (tertiary/aromatic N) is 2. The number of rotatable bonds is 9. The Hall–Kier alpha value is -4.63. The van der Waals surface area contributed by atoms with Crippen LogP contribution >= 0.6 is 11.6 Å². The first-order chi connectivity index (χ1) is 18.7. The van der Waals surface area contributed by atoms with Gasteiger partial charge in [-0.2, -0.15) is 5.10 Å². The number of anilines is 1. The molecule has 0 bridgehead atoms. The zero-order chi connectivity index (χ0) is 27.9. The number of aryl methyl sites for hydroxylation is 1. The van der Waals surface area contributed by atoms with Crippen molar-refractivity contribution < 1.29 is 24.2 Å². The highest BCUT2D eigenvalue weighted by Gasteiger charge is 2.22. The Morgan fingerprint density at radius 3 is 2.33 bits per heavy atom. The van der Waals surface area contributed by atoms with E-state index in [-0.39, 0.29) is 12.0 Å². The Bertz CT molecular complexity index is 1470. The second kappa shape index (κ2) is 12.3. The standard InChI is InChI=1S/C29H27ClN4O5/c1-18-17-31-34(26(18)33-29(38)39-19(2)23-10-6-7-11-24(23)30)22-14-12-21(13-15-22)27(35)32-25(28(36)37)16-20-8-4-3-5-9-20/h3-15,17,19,25H,16H2,1-2H3,(H,32,35)(H,33,38)(H,36,37)/t19?,25-/m1/s1. The van der Waals surface area contributed by atoms with Crippen LogP contribution in [0.5, 0.6) is 0 Å². The molecule has 3 aromatic carbocycles. The monoisotopic (exact) mass is 546 g/mol. The van der Waals surface area contributed by atoms with Crippen LogP contribution in [-0.2, 0) is 16.0 Å². The summed E-state index contributed by atoms with van der Waals surface area (Å²) in [5.41, 5.74) is 3.04. The highest BCUT2D eigenvalue weighted by atomic mass is 35.5. The smallest absolute Gasteiger partial charge is 0.413 e. The van der Waals surface area contributed by atoms with E-state index >= 15 is 0 Å². The molecule has 2 amide bonds. The first-order valence-corrected chi connectivity index (χ1v) is 12.6. The van der Waals surface area contributed by atoms with Gasteiger partial charge in [0.2, 0.25) is 0 Å². The summed E-state index contributed by atoms with van der Waals surface area (Å²) in [6, 6.07) is 21.5. The summed E-state index contributed by atoms with van der Waals surface area (Å²) in [4.78, 5) is 37.2. The molecule has 200 valence electrons. The molecule has 1 heterocycles. The summed E-state index contributed by atoms with van der Waals surface area (Å²) in [6.45, 7) is 3.51. The molecule has 9 nitrogen and oxygen atoms in total. The van der Waals surface area contributed by atoms with Crippen molar-refractivity contribution in [1.82, 2.24) is 15.1 Å². The number of carbonyl (C=O) groups is 3. The summed E-state index contributed by atoms with van der Waals surface area (Å²) in [7, 11) is 0. The Morgan fingerprint density at radius 1 is 1.00 bits per heavy atom. The quantitative estimate of drug-likeness (QED) is 0.252. The van der Waals surface area contributed by atoms with Crippen molar-refractivity contribution in [2.45, 2.75) is 32.4 Å². The molecule has 0 saturated carbocycles. The second-order valence-corrected chi connectivity index (χ2v) is 9.29. The van der Waals surface area contributed by atoms with Crippen LogP contribution in [0.15, 0.2) is 85.1 Å². The number of ether oxygens (including phenoxy) is 1. The van der Waals surface area contributed by atoms with Crippen LogP contribution in [0.2, 0.25) is 5.02 Å². The molecule has 0 spiro atoms. The zero-order valence-corrected chi connectivity index (χ0v) is 22.1. The SMILES string of the molecule is Cc1cnn(-c2ccc(C(=O)N[C@H](Cc3ccccc3)C(=O)O)cc2)c1NC(=O)OC(C)c1ccccc1Cl. The minimum Gasteiger partial charge on any atom is -0.480 e. The molecule has 3 N–H and O–H groups in total. The molecular formula is C29H27ClN4O5. The predicted molar refractivity (Wildman–Crippen MR) is 147 cm³/mol. The van der Waals surface area contributed by atoms with Gasteiger partial charge in [0, 0.05) is 28.1 Å². The average molecular weight is 547 g/mol. The fourth-order valence-corrected chi connectivity index (χ4v) is 4.27. The Kier molecular flexibility index (Phi) is 8.63. The molecule has 39 heavy (non-hydrogen) atoms. The fourth-order valence-electron chi connectivity index (χ4n) is 3.98. The van der Waals surface area contributed by atoms with Crippen LogP contribution in [0.25, 0.3) is 5.69 Å². The van der Waals surface area contributed by atoms with E-state index in [1.807, 2.05) is 36.4 Å². The lowest BCUT2D eigenvalue weighted by molar-refractivity contribution is -0.139. The molecule has 1 aromatic heterocycles. The Balaban J connectivity index is 1.44. The van der Waals surface area contributed by atoms with Gasteiger partial charge in [0.1, 0.15) is 18.0 Å². The summed E-state index contributed by atoms with van der Waals surface area (Å²) in [6.07, 6.45) is 0.493. The number of nitrogens with one attached hydrogen (secondary N) is 2. The number of hydrogen-bond acceptors (Lipinski definition) is 5. The van der Waals surface area contributed by atoms with E-state index in [2.05, 4.69) is 15.7 Å². The number of carbonyl (C=O) groups excluding carboxylic acids is 2. The van der Waals surface area contributed by atoms with Gasteiger partial charge in [-0.05, 0) is 49.7 Å². The number of carboxylic acids is 1. The van der Waals surface area contributed by atoms with Gasteiger partial charge in [-0.1, -0.05) is 60.1 Å². The Morgan fingerprint density at radius 2 is 1.67 bits per heavy atom. The van der Waals surface area contributed by atoms with Crippen molar-refractivity contribution in [2.24, 2.45) is 0 Å². The van der Waals surface area contributed by atoms with Crippen molar-refractivity contribution in [3.8, 4) is 5.69 Å². The number of carboxylic acid groups (broad SMARTS) is 1. The topological polar surface area (TPSA) is 123 Å². The van der Waals surface area contributed by atoms with Gasteiger partial charge in [0.15, 0.2) is 0 Å². The number of halogens is 1. The van der Waals surface area contributed by atoms with Crippen molar-refractivity contribution >= 4 is 35.4 Å². The van der Waals surface area contributed by atoms with Gasteiger partial charge >= 0.3 is 12.1 Å². The molecule has 10 heteroatoms. The van der Waals surface area contributed by atoms with Gasteiger partial charge in [0.05, 0.1) is 11.9 Å². The first-order valence-electron chi connectivity index (χ1n) is 12.2. The molecule has 0 aliphatic heterocycles. The number of amides is 2. The van der Waals surface area contributed by atoms with Crippen LogP contribution in [0, 0.1) is 6.92 Å². The maximum absolute atomic E-state index is 12.8. The van der Waals surface area contributed by atoms with E-state index in [1.54, 1.807) is 62.5 Å². The number of aliphatic carboxylic acids is 1. The molecule has 0 aliphatic rings. The minimum absolute atomic E-state index is 0.160. The Labute approximate surface area is 230 Å². The summed E-state index contributed by atoms with van der Waals surface area (Å²) >= 11 is 6.21. The molecule has 2 atom stereocenters. The van der Waals surface area contributed by atoms with Crippen LogP contribution < -0.4 is 10.6 Å². The minimum atomic E-state index is -1.12. The third-order valence-corrected chi connectivity index (χ3v) is 6.40. The highest BCUT2D eigenvalue weighted by molar-refractivity contribution is 6.31. The van der Waals surface area contributed by atoms with Crippen LogP contribution in [0.3, 0.4) is 0 Å². The molecule has 1 unspecified atom stereocenters. The number of aromatic nitrogens is 2.